The third-order valence-electron chi connectivity index (χ3n) is 4.28. The quantitative estimate of drug-likeness (QED) is 0.430. The molecule has 0 saturated carbocycles. The summed E-state index contributed by atoms with van der Waals surface area (Å²) in [5, 5.41) is 9.92. The van der Waals surface area contributed by atoms with Crippen LogP contribution in [0.5, 0.6) is 0 Å². The van der Waals surface area contributed by atoms with Gasteiger partial charge in [-0.2, -0.15) is 5.26 Å². The van der Waals surface area contributed by atoms with Crippen molar-refractivity contribution in [2.45, 2.75) is 11.8 Å². The molecule has 0 fully saturated rings. The van der Waals surface area contributed by atoms with Gasteiger partial charge in [-0.1, -0.05) is 0 Å². The maximum atomic E-state index is 13.2. The lowest BCUT2D eigenvalue weighted by atomic mass is 10.0. The number of ketones is 1. The lowest BCUT2D eigenvalue weighted by molar-refractivity contribution is 0.102. The highest BCUT2D eigenvalue weighted by Gasteiger charge is 2.21. The minimum absolute atomic E-state index is 0.149. The number of hydrogen-bond acceptors (Lipinski definition) is 4. The van der Waals surface area contributed by atoms with Crippen molar-refractivity contribution in [2.24, 2.45) is 0 Å². The number of nitrogens with one attached hydrogen (secondary N) is 2. The summed E-state index contributed by atoms with van der Waals surface area (Å²) < 4.78 is 0. The van der Waals surface area contributed by atoms with Crippen LogP contribution in [-0.4, -0.2) is 27.0 Å². The number of aromatic nitrogens is 3. The molecule has 25 heavy (non-hydrogen) atoms. The largest absolute Gasteiger partial charge is 0.361 e. The first-order valence-corrected chi connectivity index (χ1v) is 8.94. The molecule has 2 heterocycles. The molecule has 0 aliphatic rings. The number of imidazole rings is 1. The van der Waals surface area contributed by atoms with Crippen LogP contribution in [0.1, 0.15) is 27.3 Å². The van der Waals surface area contributed by atoms with Crippen LogP contribution >= 0.6 is 11.8 Å². The van der Waals surface area contributed by atoms with Gasteiger partial charge in [-0.3, -0.25) is 4.79 Å². The first-order chi connectivity index (χ1) is 12.1. The second-order valence-electron chi connectivity index (χ2n) is 5.80. The topological polar surface area (TPSA) is 85.3 Å². The highest BCUT2D eigenvalue weighted by molar-refractivity contribution is 7.98. The Bertz CT molecular complexity index is 1180. The smallest absolute Gasteiger partial charge is 0.230 e. The molecular formula is C19H14N4OS. The Morgan fingerprint density at radius 2 is 2.12 bits per heavy atom. The zero-order valence-corrected chi connectivity index (χ0v) is 14.5. The Labute approximate surface area is 148 Å². The maximum Gasteiger partial charge on any atom is 0.230 e. The fourth-order valence-corrected chi connectivity index (χ4v) is 3.78. The Balaban J connectivity index is 1.92. The number of rotatable bonds is 3. The average molecular weight is 346 g/mol. The van der Waals surface area contributed by atoms with Gasteiger partial charge in [0.25, 0.3) is 0 Å². The van der Waals surface area contributed by atoms with E-state index >= 15 is 0 Å². The van der Waals surface area contributed by atoms with Crippen LogP contribution in [0.3, 0.4) is 0 Å². The average Bonchev–Trinajstić information content (AvgIpc) is 3.27. The van der Waals surface area contributed by atoms with Crippen molar-refractivity contribution in [1.29, 1.82) is 5.26 Å². The zero-order chi connectivity index (χ0) is 17.6. The lowest BCUT2D eigenvalue weighted by Crippen LogP contribution is -2.06. The van der Waals surface area contributed by atoms with Gasteiger partial charge in [0.1, 0.15) is 0 Å². The fraction of sp³-hybridized carbons (Fsp3) is 0.105. The number of carbonyl (C=O) groups excluding carboxylic acids is 1. The monoisotopic (exact) mass is 346 g/mol. The van der Waals surface area contributed by atoms with Gasteiger partial charge in [0, 0.05) is 27.6 Å². The minimum atomic E-state index is -0.149. The number of H-pyrrole nitrogens is 2. The number of fused-ring (bicyclic) bond motifs is 2. The lowest BCUT2D eigenvalue weighted by Gasteiger charge is -2.09. The molecule has 2 N–H and O–H groups in total. The molecule has 0 radical (unpaired) electrons. The first-order valence-electron chi connectivity index (χ1n) is 7.71. The molecule has 6 heteroatoms. The van der Waals surface area contributed by atoms with Crippen molar-refractivity contribution in [2.75, 3.05) is 6.26 Å². The number of nitriles is 1. The molecule has 5 nitrogen and oxygen atoms in total. The summed E-state index contributed by atoms with van der Waals surface area (Å²) in [6, 6.07) is 11.2. The van der Waals surface area contributed by atoms with Crippen LogP contribution < -0.4 is 0 Å². The normalized spacial score (nSPS) is 11.1. The number of aromatic amines is 2. The second kappa shape index (κ2) is 5.80. The third kappa shape index (κ3) is 2.41. The van der Waals surface area contributed by atoms with E-state index in [4.69, 9.17) is 5.26 Å². The molecule has 4 aromatic rings. The summed E-state index contributed by atoms with van der Waals surface area (Å²) in [7, 11) is 0. The number of thioether (sulfide) groups is 1. The van der Waals surface area contributed by atoms with Gasteiger partial charge in [-0.05, 0) is 49.1 Å². The molecule has 0 unspecified atom stereocenters. The SMILES string of the molecule is CSc1cc(C)c2[nH]ccc2c1C(=O)c1nc2ccc(C#N)cc2[nH]1. The van der Waals surface area contributed by atoms with Gasteiger partial charge in [0.15, 0.2) is 5.82 Å². The highest BCUT2D eigenvalue weighted by Crippen LogP contribution is 2.32. The minimum Gasteiger partial charge on any atom is -0.361 e. The summed E-state index contributed by atoms with van der Waals surface area (Å²) in [5.74, 6) is 0.135. The number of benzene rings is 2. The fourth-order valence-electron chi connectivity index (χ4n) is 3.08. The number of aryl methyl sites for hydroxylation is 1. The molecule has 2 aromatic carbocycles. The van der Waals surface area contributed by atoms with E-state index in [1.807, 2.05) is 31.5 Å². The summed E-state index contributed by atoms with van der Waals surface area (Å²) in [4.78, 5) is 24.8. The van der Waals surface area contributed by atoms with Crippen molar-refractivity contribution in [3.05, 3.63) is 59.0 Å². The van der Waals surface area contributed by atoms with Gasteiger partial charge < -0.3 is 9.97 Å². The van der Waals surface area contributed by atoms with Crippen molar-refractivity contribution in [3.8, 4) is 6.07 Å². The van der Waals surface area contributed by atoms with Crippen LogP contribution in [0.15, 0.2) is 41.4 Å². The molecule has 4 rings (SSSR count). The molecule has 0 amide bonds. The molecule has 0 aliphatic carbocycles. The molecule has 0 spiro atoms. The highest BCUT2D eigenvalue weighted by atomic mass is 32.2. The Morgan fingerprint density at radius 3 is 2.88 bits per heavy atom. The standard InChI is InChI=1S/C19H14N4OS/c1-10-7-15(25-2)16(12-5-6-21-17(10)12)18(24)19-22-13-4-3-11(9-20)8-14(13)23-19/h3-8,21H,1-2H3,(H,22,23). The molecule has 122 valence electrons. The molecule has 0 bridgehead atoms. The van der Waals surface area contributed by atoms with E-state index in [1.54, 1.807) is 30.0 Å². The van der Waals surface area contributed by atoms with E-state index in [9.17, 15) is 4.79 Å². The van der Waals surface area contributed by atoms with Crippen molar-refractivity contribution in [1.82, 2.24) is 15.0 Å². The molecule has 0 saturated heterocycles. The third-order valence-corrected chi connectivity index (χ3v) is 5.04. The molecular weight excluding hydrogens is 332 g/mol. The van der Waals surface area contributed by atoms with E-state index in [0.717, 1.165) is 21.4 Å². The van der Waals surface area contributed by atoms with Gasteiger partial charge in [-0.15, -0.1) is 11.8 Å². The van der Waals surface area contributed by atoms with Crippen LogP contribution in [0.25, 0.3) is 21.9 Å². The number of carbonyl (C=O) groups is 1. The number of nitrogens with zero attached hydrogens (tertiary/aromatic N) is 2. The van der Waals surface area contributed by atoms with Crippen molar-refractivity contribution < 1.29 is 4.79 Å². The Hall–Kier alpha value is -3.04. The van der Waals surface area contributed by atoms with Gasteiger partial charge in [-0.25, -0.2) is 4.98 Å². The molecule has 0 atom stereocenters. The van der Waals surface area contributed by atoms with Gasteiger partial charge in [0.2, 0.25) is 5.78 Å². The molecule has 2 aromatic heterocycles. The van der Waals surface area contributed by atoms with E-state index in [-0.39, 0.29) is 11.6 Å². The van der Waals surface area contributed by atoms with E-state index in [1.165, 1.54) is 0 Å². The van der Waals surface area contributed by atoms with Crippen LogP contribution in [0.2, 0.25) is 0 Å². The Kier molecular flexibility index (Phi) is 3.59. The van der Waals surface area contributed by atoms with Gasteiger partial charge in [0.05, 0.1) is 22.7 Å². The predicted molar refractivity (Wildman–Crippen MR) is 99.1 cm³/mol. The maximum absolute atomic E-state index is 13.2. The van der Waals surface area contributed by atoms with Crippen LogP contribution in [0.4, 0.5) is 0 Å². The van der Waals surface area contributed by atoms with E-state index in [0.29, 0.717) is 22.2 Å². The van der Waals surface area contributed by atoms with Crippen molar-refractivity contribution in [3.63, 3.8) is 0 Å². The summed E-state index contributed by atoms with van der Waals surface area (Å²) in [6.45, 7) is 2.03. The predicted octanol–water partition coefficient (Wildman–Crippen LogP) is 4.18. The van der Waals surface area contributed by atoms with Gasteiger partial charge >= 0.3 is 0 Å². The number of hydrogen-bond donors (Lipinski definition) is 2. The summed E-state index contributed by atoms with van der Waals surface area (Å²) in [5.41, 5.74) is 4.60. The Morgan fingerprint density at radius 1 is 1.28 bits per heavy atom. The van der Waals surface area contributed by atoms with Crippen LogP contribution in [0, 0.1) is 18.3 Å². The molecule has 0 aliphatic heterocycles. The second-order valence-corrected chi connectivity index (χ2v) is 6.64. The summed E-state index contributed by atoms with van der Waals surface area (Å²) >= 11 is 1.54. The first kappa shape index (κ1) is 15.5. The van der Waals surface area contributed by atoms with Crippen LogP contribution in [-0.2, 0) is 0 Å². The van der Waals surface area contributed by atoms with E-state index < -0.39 is 0 Å². The summed E-state index contributed by atoms with van der Waals surface area (Å²) in [6.07, 6.45) is 3.80. The zero-order valence-electron chi connectivity index (χ0n) is 13.7. The van der Waals surface area contributed by atoms with E-state index in [2.05, 4.69) is 21.0 Å². The van der Waals surface area contributed by atoms with Crippen molar-refractivity contribution >= 4 is 39.5 Å².